The van der Waals surface area contributed by atoms with Crippen molar-refractivity contribution in [3.63, 3.8) is 0 Å². The number of hydrogen-bond donors (Lipinski definition) is 0. The predicted molar refractivity (Wildman–Crippen MR) is 33.5 cm³/mol. The Morgan fingerprint density at radius 2 is 2.00 bits per heavy atom. The summed E-state index contributed by atoms with van der Waals surface area (Å²) in [6, 6.07) is 0. The van der Waals surface area contributed by atoms with Crippen LogP contribution in [0.25, 0.3) is 0 Å². The molecule has 0 radical (unpaired) electrons. The van der Waals surface area contributed by atoms with Crippen LogP contribution < -0.4 is 0 Å². The standard InChI is InChI=1S/C5H6.C2H2/c1-3-5-4-2;1-2/h3H,1H2,2H3;1-2H. The molecule has 0 heteroatoms. The molecule has 0 fully saturated rings. The molecule has 0 bridgehead atoms. The third kappa shape index (κ3) is 53.7. The molecule has 0 aromatic heterocycles. The maximum atomic E-state index is 4.00. The third-order valence-electron chi connectivity index (χ3n) is 0.246. The van der Waals surface area contributed by atoms with E-state index in [0.717, 1.165) is 0 Å². The molecule has 0 aromatic carbocycles. The minimum absolute atomic E-state index is 1.57. The van der Waals surface area contributed by atoms with Crippen molar-refractivity contribution in [2.45, 2.75) is 6.92 Å². The normalized spacial score (nSPS) is 3.29. The van der Waals surface area contributed by atoms with Crippen molar-refractivity contribution >= 4 is 0 Å². The van der Waals surface area contributed by atoms with Crippen LogP contribution in [0.3, 0.4) is 0 Å². The second kappa shape index (κ2) is 20.9. The second-order valence-corrected chi connectivity index (χ2v) is 0.598. The Labute approximate surface area is 45.2 Å². The van der Waals surface area contributed by atoms with Crippen LogP contribution in [0.1, 0.15) is 6.92 Å². The maximum Gasteiger partial charge on any atom is -0.00235 e. The Morgan fingerprint density at radius 1 is 1.57 bits per heavy atom. The van der Waals surface area contributed by atoms with Gasteiger partial charge in [-0.3, -0.25) is 0 Å². The van der Waals surface area contributed by atoms with Crippen LogP contribution in [0.5, 0.6) is 0 Å². The Hall–Kier alpha value is -1.14. The average Bonchev–Trinajstić information content (AvgIpc) is 1.75. The summed E-state index contributed by atoms with van der Waals surface area (Å²) in [6.45, 7) is 5.16. The van der Waals surface area contributed by atoms with E-state index in [2.05, 4.69) is 31.3 Å². The first-order valence-electron chi connectivity index (χ1n) is 1.78. The highest BCUT2D eigenvalue weighted by atomic mass is 13.4. The lowest BCUT2D eigenvalue weighted by molar-refractivity contribution is 1.91. The highest BCUT2D eigenvalue weighted by Gasteiger charge is 1.36. The summed E-state index contributed by atoms with van der Waals surface area (Å²) in [5, 5.41) is 0. The summed E-state index contributed by atoms with van der Waals surface area (Å²) in [7, 11) is 0. The molecule has 0 saturated heterocycles. The summed E-state index contributed by atoms with van der Waals surface area (Å²) in [5.41, 5.74) is 0. The van der Waals surface area contributed by atoms with Crippen molar-refractivity contribution < 1.29 is 0 Å². The molecule has 0 aromatic rings. The van der Waals surface area contributed by atoms with Gasteiger partial charge >= 0.3 is 0 Å². The van der Waals surface area contributed by atoms with E-state index in [-0.39, 0.29) is 0 Å². The van der Waals surface area contributed by atoms with E-state index >= 15 is 0 Å². The average molecular weight is 92.1 g/mol. The minimum Gasteiger partial charge on any atom is -0.124 e. The number of allylic oxidation sites excluding steroid dienone is 1. The first-order chi connectivity index (χ1) is 3.41. The van der Waals surface area contributed by atoms with E-state index in [9.17, 15) is 0 Å². The molecule has 0 nitrogen and oxygen atoms in total. The zero-order valence-corrected chi connectivity index (χ0v) is 4.44. The summed E-state index contributed by atoms with van der Waals surface area (Å²) >= 11 is 0. The zero-order chi connectivity index (χ0) is 6.12. The van der Waals surface area contributed by atoms with Crippen LogP contribution in [-0.2, 0) is 0 Å². The van der Waals surface area contributed by atoms with Gasteiger partial charge < -0.3 is 0 Å². The van der Waals surface area contributed by atoms with E-state index in [1.807, 2.05) is 0 Å². The minimum atomic E-state index is 1.57. The second-order valence-electron chi connectivity index (χ2n) is 0.598. The van der Waals surface area contributed by atoms with Crippen LogP contribution in [0.15, 0.2) is 12.7 Å². The topological polar surface area (TPSA) is 0 Å². The van der Waals surface area contributed by atoms with Gasteiger partial charge in [-0.1, -0.05) is 12.5 Å². The van der Waals surface area contributed by atoms with Gasteiger partial charge in [-0.15, -0.1) is 18.8 Å². The SMILES string of the molecule is C#C.C=CC#CC. The highest BCUT2D eigenvalue weighted by molar-refractivity contribution is 5.09. The van der Waals surface area contributed by atoms with Crippen LogP contribution in [0, 0.1) is 24.7 Å². The summed E-state index contributed by atoms with van der Waals surface area (Å²) < 4.78 is 0. The number of hydrogen-bond acceptors (Lipinski definition) is 0. The third-order valence-corrected chi connectivity index (χ3v) is 0.246. The van der Waals surface area contributed by atoms with Crippen LogP contribution in [-0.4, -0.2) is 0 Å². The lowest BCUT2D eigenvalue weighted by Crippen LogP contribution is -1.35. The van der Waals surface area contributed by atoms with E-state index in [4.69, 9.17) is 0 Å². The molecule has 0 heterocycles. The lowest BCUT2D eigenvalue weighted by atomic mass is 10.6. The molecule has 0 aliphatic heterocycles. The molecule has 0 saturated carbocycles. The van der Waals surface area contributed by atoms with E-state index in [0.29, 0.717) is 0 Å². The first-order valence-corrected chi connectivity index (χ1v) is 1.78. The van der Waals surface area contributed by atoms with Crippen LogP contribution >= 0.6 is 0 Å². The Balaban J connectivity index is 0. The van der Waals surface area contributed by atoms with Gasteiger partial charge in [-0.2, -0.15) is 0 Å². The van der Waals surface area contributed by atoms with Crippen molar-refractivity contribution in [1.82, 2.24) is 0 Å². The summed E-state index contributed by atoms with van der Waals surface area (Å²) in [5.74, 6) is 5.27. The van der Waals surface area contributed by atoms with Crippen molar-refractivity contribution in [1.29, 1.82) is 0 Å². The molecule has 0 unspecified atom stereocenters. The van der Waals surface area contributed by atoms with Crippen molar-refractivity contribution in [3.05, 3.63) is 12.7 Å². The molecule has 0 rings (SSSR count). The maximum absolute atomic E-state index is 4.00. The van der Waals surface area contributed by atoms with Gasteiger partial charge in [0, 0.05) is 0 Å². The first kappa shape index (κ1) is 9.29. The van der Waals surface area contributed by atoms with Gasteiger partial charge in [0.05, 0.1) is 0 Å². The van der Waals surface area contributed by atoms with Crippen molar-refractivity contribution in [3.8, 4) is 24.7 Å². The van der Waals surface area contributed by atoms with Crippen LogP contribution in [0.4, 0.5) is 0 Å². The van der Waals surface area contributed by atoms with Gasteiger partial charge in [-0.25, -0.2) is 0 Å². The van der Waals surface area contributed by atoms with E-state index < -0.39 is 0 Å². The van der Waals surface area contributed by atoms with E-state index in [1.54, 1.807) is 13.0 Å². The molecule has 0 amide bonds. The molecule has 0 aliphatic rings. The van der Waals surface area contributed by atoms with Crippen molar-refractivity contribution in [2.75, 3.05) is 0 Å². The Kier molecular flexibility index (Phi) is 27.8. The Bertz CT molecular complexity index is 96.2. The van der Waals surface area contributed by atoms with Gasteiger partial charge in [0.25, 0.3) is 0 Å². The van der Waals surface area contributed by atoms with Gasteiger partial charge in [0.2, 0.25) is 0 Å². The van der Waals surface area contributed by atoms with Gasteiger partial charge in [-0.05, 0) is 13.0 Å². The van der Waals surface area contributed by atoms with Gasteiger partial charge in [0.15, 0.2) is 0 Å². The smallest absolute Gasteiger partial charge is 0.00235 e. The molecule has 36 valence electrons. The quantitative estimate of drug-likeness (QED) is 0.397. The molecule has 0 atom stereocenters. The predicted octanol–water partition coefficient (Wildman–Crippen LogP) is 1.45. The molecular weight excluding hydrogens is 84.1 g/mol. The largest absolute Gasteiger partial charge is 0.124 e. The highest BCUT2D eigenvalue weighted by Crippen LogP contribution is 1.49. The summed E-state index contributed by atoms with van der Waals surface area (Å²) in [4.78, 5) is 0. The number of terminal acetylenes is 1. The lowest BCUT2D eigenvalue weighted by Gasteiger charge is -1.47. The number of rotatable bonds is 0. The molecular formula is C7H8. The monoisotopic (exact) mass is 92.1 g/mol. The fraction of sp³-hybridized carbons (Fsp3) is 0.143. The molecule has 0 spiro atoms. The fourth-order valence-corrected chi connectivity index (χ4v) is 0.102. The molecule has 0 aliphatic carbocycles. The Morgan fingerprint density at radius 3 is 2.00 bits per heavy atom. The zero-order valence-electron chi connectivity index (χ0n) is 4.44. The van der Waals surface area contributed by atoms with Crippen molar-refractivity contribution in [2.24, 2.45) is 0 Å². The van der Waals surface area contributed by atoms with Crippen LogP contribution in [0.2, 0.25) is 0 Å². The fourth-order valence-electron chi connectivity index (χ4n) is 0.102. The molecule has 0 N–H and O–H groups in total. The summed E-state index contributed by atoms with van der Waals surface area (Å²) in [6.07, 6.45) is 9.57. The van der Waals surface area contributed by atoms with Gasteiger partial charge in [0.1, 0.15) is 0 Å². The molecule has 7 heavy (non-hydrogen) atoms. The van der Waals surface area contributed by atoms with E-state index in [1.165, 1.54) is 0 Å².